The molecule has 2 rings (SSSR count). The number of rotatable bonds is 5. The Labute approximate surface area is 111 Å². The van der Waals surface area contributed by atoms with Gasteiger partial charge in [-0.2, -0.15) is 11.8 Å². The molecule has 2 nitrogen and oxygen atoms in total. The summed E-state index contributed by atoms with van der Waals surface area (Å²) >= 11 is 2.16. The van der Waals surface area contributed by atoms with E-state index in [1.165, 1.54) is 69.9 Å². The number of piperidine rings is 1. The van der Waals surface area contributed by atoms with Gasteiger partial charge in [0, 0.05) is 13.1 Å². The van der Waals surface area contributed by atoms with Gasteiger partial charge in [-0.15, -0.1) is 0 Å². The second kappa shape index (κ2) is 7.65. The van der Waals surface area contributed by atoms with Gasteiger partial charge in [-0.1, -0.05) is 6.92 Å². The van der Waals surface area contributed by atoms with Crippen LogP contribution in [0.1, 0.15) is 32.6 Å². The Morgan fingerprint density at radius 2 is 2.00 bits per heavy atom. The molecule has 0 amide bonds. The Morgan fingerprint density at radius 1 is 1.18 bits per heavy atom. The normalized spacial score (nSPS) is 30.7. The van der Waals surface area contributed by atoms with E-state index in [9.17, 15) is 0 Å². The van der Waals surface area contributed by atoms with Crippen LogP contribution in [0.15, 0.2) is 0 Å². The summed E-state index contributed by atoms with van der Waals surface area (Å²) in [6.07, 6.45) is 5.72. The summed E-state index contributed by atoms with van der Waals surface area (Å²) in [5, 5.41) is 3.54. The molecule has 17 heavy (non-hydrogen) atoms. The van der Waals surface area contributed by atoms with Crippen LogP contribution < -0.4 is 5.32 Å². The van der Waals surface area contributed by atoms with Gasteiger partial charge in [0.15, 0.2) is 0 Å². The van der Waals surface area contributed by atoms with Crippen molar-refractivity contribution in [3.63, 3.8) is 0 Å². The number of hydrogen-bond acceptors (Lipinski definition) is 3. The van der Waals surface area contributed by atoms with Crippen molar-refractivity contribution in [1.82, 2.24) is 10.2 Å². The lowest BCUT2D eigenvalue weighted by Gasteiger charge is -2.33. The monoisotopic (exact) mass is 256 g/mol. The summed E-state index contributed by atoms with van der Waals surface area (Å²) < 4.78 is 0. The first kappa shape index (κ1) is 13.7. The van der Waals surface area contributed by atoms with Crippen LogP contribution in [-0.2, 0) is 0 Å². The van der Waals surface area contributed by atoms with Crippen LogP contribution in [0.4, 0.5) is 0 Å². The van der Waals surface area contributed by atoms with Gasteiger partial charge in [0.05, 0.1) is 0 Å². The van der Waals surface area contributed by atoms with Crippen molar-refractivity contribution in [2.24, 2.45) is 11.8 Å². The quantitative estimate of drug-likeness (QED) is 0.813. The average molecular weight is 256 g/mol. The molecule has 0 radical (unpaired) electrons. The molecule has 2 aliphatic rings. The zero-order valence-electron chi connectivity index (χ0n) is 11.3. The minimum Gasteiger partial charge on any atom is -0.316 e. The molecule has 0 aromatic heterocycles. The van der Waals surface area contributed by atoms with Crippen molar-refractivity contribution < 1.29 is 0 Å². The van der Waals surface area contributed by atoms with Gasteiger partial charge < -0.3 is 10.2 Å². The zero-order valence-corrected chi connectivity index (χ0v) is 12.1. The molecule has 0 spiro atoms. The van der Waals surface area contributed by atoms with Gasteiger partial charge in [0.25, 0.3) is 0 Å². The highest BCUT2D eigenvalue weighted by atomic mass is 32.2. The third kappa shape index (κ3) is 4.80. The first-order valence-corrected chi connectivity index (χ1v) is 8.54. The molecular weight excluding hydrogens is 228 g/mol. The zero-order chi connectivity index (χ0) is 11.9. The van der Waals surface area contributed by atoms with E-state index in [4.69, 9.17) is 0 Å². The fourth-order valence-electron chi connectivity index (χ4n) is 3.09. The van der Waals surface area contributed by atoms with Gasteiger partial charge in [0.2, 0.25) is 0 Å². The molecule has 1 N–H and O–H groups in total. The van der Waals surface area contributed by atoms with Crippen LogP contribution in [-0.4, -0.2) is 49.1 Å². The molecule has 2 heterocycles. The first-order chi connectivity index (χ1) is 8.38. The molecule has 2 unspecified atom stereocenters. The van der Waals surface area contributed by atoms with Gasteiger partial charge in [-0.25, -0.2) is 0 Å². The molecule has 0 saturated carbocycles. The van der Waals surface area contributed by atoms with Crippen LogP contribution in [0, 0.1) is 11.8 Å². The minimum absolute atomic E-state index is 0.903. The van der Waals surface area contributed by atoms with E-state index < -0.39 is 0 Å². The smallest absolute Gasteiger partial charge is 0.00218 e. The number of hydrogen-bond donors (Lipinski definition) is 1. The van der Waals surface area contributed by atoms with Crippen LogP contribution in [0.2, 0.25) is 0 Å². The van der Waals surface area contributed by atoms with Crippen LogP contribution in [0.3, 0.4) is 0 Å². The molecule has 100 valence electrons. The Hall–Kier alpha value is 0.270. The largest absolute Gasteiger partial charge is 0.316 e. The van der Waals surface area contributed by atoms with Crippen molar-refractivity contribution in [3.8, 4) is 0 Å². The maximum absolute atomic E-state index is 3.54. The summed E-state index contributed by atoms with van der Waals surface area (Å²) in [7, 11) is 0. The maximum atomic E-state index is 3.54. The predicted octanol–water partition coefficient (Wildman–Crippen LogP) is 2.45. The third-order valence-corrected chi connectivity index (χ3v) is 5.42. The highest BCUT2D eigenvalue weighted by molar-refractivity contribution is 7.99. The number of nitrogens with zero attached hydrogens (tertiary/aromatic N) is 1. The molecular formula is C14H28N2S. The van der Waals surface area contributed by atoms with Crippen LogP contribution in [0.5, 0.6) is 0 Å². The molecule has 0 aliphatic carbocycles. The molecule has 0 aromatic rings. The van der Waals surface area contributed by atoms with E-state index in [1.807, 2.05) is 0 Å². The molecule has 2 aliphatic heterocycles. The van der Waals surface area contributed by atoms with E-state index in [0.717, 1.165) is 11.8 Å². The van der Waals surface area contributed by atoms with Gasteiger partial charge >= 0.3 is 0 Å². The third-order valence-electron chi connectivity index (χ3n) is 4.13. The lowest BCUT2D eigenvalue weighted by atomic mass is 9.98. The van der Waals surface area contributed by atoms with Crippen molar-refractivity contribution in [1.29, 1.82) is 0 Å². The van der Waals surface area contributed by atoms with E-state index >= 15 is 0 Å². The van der Waals surface area contributed by atoms with Crippen molar-refractivity contribution in [3.05, 3.63) is 0 Å². The fourth-order valence-corrected chi connectivity index (χ4v) is 4.24. The maximum Gasteiger partial charge on any atom is 0.00218 e. The Kier molecular flexibility index (Phi) is 6.16. The second-order valence-electron chi connectivity index (χ2n) is 5.65. The highest BCUT2D eigenvalue weighted by Gasteiger charge is 2.20. The SMILES string of the molecule is CCN(CC1CCCNC1)CC1CCCSC1. The van der Waals surface area contributed by atoms with Crippen LogP contribution in [0.25, 0.3) is 0 Å². The lowest BCUT2D eigenvalue weighted by Crippen LogP contribution is -2.40. The average Bonchev–Trinajstić information content (AvgIpc) is 2.40. The number of nitrogens with one attached hydrogen (secondary N) is 1. The van der Waals surface area contributed by atoms with E-state index in [0.29, 0.717) is 0 Å². The molecule has 0 aromatic carbocycles. The van der Waals surface area contributed by atoms with Gasteiger partial charge in [0.1, 0.15) is 0 Å². The predicted molar refractivity (Wildman–Crippen MR) is 77.8 cm³/mol. The van der Waals surface area contributed by atoms with Crippen molar-refractivity contribution in [2.75, 3.05) is 44.2 Å². The number of thioether (sulfide) groups is 1. The van der Waals surface area contributed by atoms with Crippen molar-refractivity contribution in [2.45, 2.75) is 32.6 Å². The highest BCUT2D eigenvalue weighted by Crippen LogP contribution is 2.24. The molecule has 3 heteroatoms. The van der Waals surface area contributed by atoms with E-state index in [2.05, 4.69) is 28.9 Å². The summed E-state index contributed by atoms with van der Waals surface area (Å²) in [5.74, 6) is 4.67. The molecule has 2 fully saturated rings. The van der Waals surface area contributed by atoms with E-state index in [1.54, 1.807) is 0 Å². The van der Waals surface area contributed by atoms with E-state index in [-0.39, 0.29) is 0 Å². The minimum atomic E-state index is 0.903. The second-order valence-corrected chi connectivity index (χ2v) is 6.80. The van der Waals surface area contributed by atoms with Gasteiger partial charge in [-0.3, -0.25) is 0 Å². The summed E-state index contributed by atoms with van der Waals surface area (Å²) in [6, 6.07) is 0. The fraction of sp³-hybridized carbons (Fsp3) is 1.00. The Bertz CT molecular complexity index is 178. The lowest BCUT2D eigenvalue weighted by molar-refractivity contribution is 0.190. The topological polar surface area (TPSA) is 15.3 Å². The summed E-state index contributed by atoms with van der Waals surface area (Å²) in [5.41, 5.74) is 0. The van der Waals surface area contributed by atoms with Crippen LogP contribution >= 0.6 is 11.8 Å². The standard InChI is InChI=1S/C14H28N2S/c1-2-16(10-13-5-3-7-15-9-13)11-14-6-4-8-17-12-14/h13-15H,2-12H2,1H3. The summed E-state index contributed by atoms with van der Waals surface area (Å²) in [4.78, 5) is 2.70. The molecule has 2 atom stereocenters. The van der Waals surface area contributed by atoms with Gasteiger partial charge in [-0.05, 0) is 68.7 Å². The van der Waals surface area contributed by atoms with Crippen molar-refractivity contribution >= 4 is 11.8 Å². The molecule has 0 bridgehead atoms. The molecule has 2 saturated heterocycles. The summed E-state index contributed by atoms with van der Waals surface area (Å²) in [6.45, 7) is 8.71. The first-order valence-electron chi connectivity index (χ1n) is 7.39. The Morgan fingerprint density at radius 3 is 2.65 bits per heavy atom. The Balaban J connectivity index is 1.71.